The van der Waals surface area contributed by atoms with E-state index in [0.717, 1.165) is 46.4 Å². The quantitative estimate of drug-likeness (QED) is 0.342. The minimum atomic E-state index is -0.126. The van der Waals surface area contributed by atoms with Gasteiger partial charge in [-0.05, 0) is 40.1 Å². The summed E-state index contributed by atoms with van der Waals surface area (Å²) in [6.07, 6.45) is 7.17. The Kier molecular flexibility index (Phi) is 6.41. The first-order chi connectivity index (χ1) is 18.8. The zero-order chi connectivity index (χ0) is 25.9. The number of hydrogen-bond acceptors (Lipinski definition) is 6. The van der Waals surface area contributed by atoms with Crippen molar-refractivity contribution in [1.29, 1.82) is 10.5 Å². The standard InChI is InChI=1S/C17H13N3O.C13H11N3O/c18-9-12-5-6-15(14-4-2-1-3-13(12)14)17-16-10-19-11-20(16)7-8-21-17;14-7-10-1-3-11(4-2-10)13-12-8-15-9-16(12)5-6-17-13/h1-6,10-11,17H,7-8H2;1-4,8-9,13H,5-6H2. The van der Waals surface area contributed by atoms with Gasteiger partial charge in [-0.2, -0.15) is 10.5 Å². The molecule has 0 saturated heterocycles. The molecule has 8 heteroatoms. The lowest BCUT2D eigenvalue weighted by Crippen LogP contribution is -2.21. The summed E-state index contributed by atoms with van der Waals surface area (Å²) in [7, 11) is 0. The van der Waals surface area contributed by atoms with E-state index in [1.54, 1.807) is 0 Å². The van der Waals surface area contributed by atoms with Gasteiger partial charge in [0.15, 0.2) is 0 Å². The number of rotatable bonds is 2. The maximum atomic E-state index is 9.27. The molecule has 2 aliphatic rings. The predicted molar refractivity (Wildman–Crippen MR) is 140 cm³/mol. The van der Waals surface area contributed by atoms with Crippen molar-refractivity contribution in [3.8, 4) is 12.1 Å². The molecule has 2 unspecified atom stereocenters. The fourth-order valence-electron chi connectivity index (χ4n) is 5.08. The Labute approximate surface area is 219 Å². The van der Waals surface area contributed by atoms with Crippen LogP contribution in [0.2, 0.25) is 0 Å². The van der Waals surface area contributed by atoms with Crippen LogP contribution in [-0.4, -0.2) is 32.3 Å². The lowest BCUT2D eigenvalue weighted by atomic mass is 9.95. The first-order valence-corrected chi connectivity index (χ1v) is 12.4. The van der Waals surface area contributed by atoms with Gasteiger partial charge in [-0.25, -0.2) is 9.97 Å². The first kappa shape index (κ1) is 23.6. The SMILES string of the molecule is N#Cc1ccc(C2OCCn3cncc32)c2ccccc12.N#Cc1ccc(C2OCCn3cncc32)cc1. The van der Waals surface area contributed by atoms with Crippen molar-refractivity contribution in [3.63, 3.8) is 0 Å². The zero-order valence-corrected chi connectivity index (χ0v) is 20.6. The summed E-state index contributed by atoms with van der Waals surface area (Å²) in [5.41, 5.74) is 5.64. The maximum absolute atomic E-state index is 9.27. The van der Waals surface area contributed by atoms with Crippen LogP contribution in [0.3, 0.4) is 0 Å². The molecule has 0 fully saturated rings. The highest BCUT2D eigenvalue weighted by Crippen LogP contribution is 2.35. The molecule has 0 saturated carbocycles. The second-order valence-electron chi connectivity index (χ2n) is 9.12. The molecular formula is C30H24N6O2. The smallest absolute Gasteiger partial charge is 0.125 e. The van der Waals surface area contributed by atoms with Gasteiger partial charge in [-0.3, -0.25) is 0 Å². The van der Waals surface area contributed by atoms with E-state index in [4.69, 9.17) is 14.7 Å². The Morgan fingerprint density at radius 2 is 1.34 bits per heavy atom. The van der Waals surface area contributed by atoms with E-state index < -0.39 is 0 Å². The summed E-state index contributed by atoms with van der Waals surface area (Å²) in [4.78, 5) is 8.37. The topological polar surface area (TPSA) is 102 Å². The molecule has 4 heterocycles. The van der Waals surface area contributed by atoms with Crippen molar-refractivity contribution in [3.05, 3.63) is 119 Å². The number of ether oxygens (including phenoxy) is 2. The molecule has 3 aromatic carbocycles. The average molecular weight is 501 g/mol. The van der Waals surface area contributed by atoms with E-state index in [-0.39, 0.29) is 12.2 Å². The van der Waals surface area contributed by atoms with Crippen molar-refractivity contribution >= 4 is 10.8 Å². The largest absolute Gasteiger partial charge is 0.365 e. The molecule has 2 aromatic heterocycles. The second-order valence-corrected chi connectivity index (χ2v) is 9.12. The molecule has 7 rings (SSSR count). The van der Waals surface area contributed by atoms with Crippen LogP contribution in [0.4, 0.5) is 0 Å². The molecule has 0 bridgehead atoms. The third kappa shape index (κ3) is 4.33. The van der Waals surface area contributed by atoms with E-state index in [9.17, 15) is 5.26 Å². The van der Waals surface area contributed by atoms with Crippen LogP contribution in [0.5, 0.6) is 0 Å². The highest BCUT2D eigenvalue weighted by Gasteiger charge is 2.25. The number of nitrogens with zero attached hydrogens (tertiary/aromatic N) is 6. The Hall–Kier alpha value is -4.76. The normalized spacial score (nSPS) is 17.8. The lowest BCUT2D eigenvalue weighted by molar-refractivity contribution is 0.0465. The van der Waals surface area contributed by atoms with Crippen LogP contribution >= 0.6 is 0 Å². The fourth-order valence-corrected chi connectivity index (χ4v) is 5.08. The van der Waals surface area contributed by atoms with Crippen LogP contribution in [0.1, 0.15) is 45.8 Å². The third-order valence-corrected chi connectivity index (χ3v) is 6.96. The van der Waals surface area contributed by atoms with Gasteiger partial charge < -0.3 is 18.6 Å². The molecule has 0 spiro atoms. The van der Waals surface area contributed by atoms with E-state index in [0.29, 0.717) is 24.3 Å². The number of hydrogen-bond donors (Lipinski definition) is 0. The van der Waals surface area contributed by atoms with Gasteiger partial charge in [0.2, 0.25) is 0 Å². The van der Waals surface area contributed by atoms with E-state index in [1.807, 2.05) is 85.7 Å². The number of imidazole rings is 2. The highest BCUT2D eigenvalue weighted by atomic mass is 16.5. The van der Waals surface area contributed by atoms with Gasteiger partial charge in [-0.15, -0.1) is 0 Å². The zero-order valence-electron chi connectivity index (χ0n) is 20.6. The van der Waals surface area contributed by atoms with Crippen LogP contribution < -0.4 is 0 Å². The lowest BCUT2D eigenvalue weighted by Gasteiger charge is -2.26. The average Bonchev–Trinajstić information content (AvgIpc) is 3.67. The summed E-state index contributed by atoms with van der Waals surface area (Å²) < 4.78 is 16.0. The molecule has 2 atom stereocenters. The van der Waals surface area contributed by atoms with Gasteiger partial charge in [-0.1, -0.05) is 42.5 Å². The number of nitriles is 2. The Balaban J connectivity index is 0.000000142. The molecule has 0 amide bonds. The van der Waals surface area contributed by atoms with Crippen molar-refractivity contribution in [2.45, 2.75) is 25.3 Å². The number of benzene rings is 3. The summed E-state index contributed by atoms with van der Waals surface area (Å²) >= 11 is 0. The molecule has 0 N–H and O–H groups in total. The fraction of sp³-hybridized carbons (Fsp3) is 0.200. The van der Waals surface area contributed by atoms with Gasteiger partial charge in [0, 0.05) is 13.1 Å². The van der Waals surface area contributed by atoms with Gasteiger partial charge >= 0.3 is 0 Å². The van der Waals surface area contributed by atoms with Crippen LogP contribution in [0.25, 0.3) is 10.8 Å². The van der Waals surface area contributed by atoms with Crippen molar-refractivity contribution in [2.24, 2.45) is 0 Å². The van der Waals surface area contributed by atoms with Crippen LogP contribution in [-0.2, 0) is 22.6 Å². The van der Waals surface area contributed by atoms with Gasteiger partial charge in [0.05, 0.1) is 72.9 Å². The summed E-state index contributed by atoms with van der Waals surface area (Å²) in [5, 5.41) is 20.1. The second kappa shape index (κ2) is 10.3. The van der Waals surface area contributed by atoms with Gasteiger partial charge in [0.1, 0.15) is 12.2 Å². The Morgan fingerprint density at radius 3 is 2.00 bits per heavy atom. The molecule has 0 aliphatic carbocycles. The predicted octanol–water partition coefficient (Wildman–Crippen LogP) is 4.90. The summed E-state index contributed by atoms with van der Waals surface area (Å²) in [6.45, 7) is 3.04. The minimum absolute atomic E-state index is 0.0704. The molecule has 38 heavy (non-hydrogen) atoms. The van der Waals surface area contributed by atoms with Crippen molar-refractivity contribution < 1.29 is 9.47 Å². The van der Waals surface area contributed by atoms with E-state index >= 15 is 0 Å². The Morgan fingerprint density at radius 1 is 0.711 bits per heavy atom. The Bertz CT molecular complexity index is 1670. The number of fused-ring (bicyclic) bond motifs is 3. The molecule has 5 aromatic rings. The maximum Gasteiger partial charge on any atom is 0.125 e. The molecule has 186 valence electrons. The summed E-state index contributed by atoms with van der Waals surface area (Å²) in [5.74, 6) is 0. The highest BCUT2D eigenvalue weighted by molar-refractivity contribution is 5.91. The number of aromatic nitrogens is 4. The molecule has 2 aliphatic heterocycles. The molecule has 8 nitrogen and oxygen atoms in total. The summed E-state index contributed by atoms with van der Waals surface area (Å²) in [6, 6.07) is 23.7. The van der Waals surface area contributed by atoms with Crippen molar-refractivity contribution in [2.75, 3.05) is 13.2 Å². The van der Waals surface area contributed by atoms with Crippen molar-refractivity contribution in [1.82, 2.24) is 19.1 Å². The minimum Gasteiger partial charge on any atom is -0.365 e. The van der Waals surface area contributed by atoms with Gasteiger partial charge in [0.25, 0.3) is 0 Å². The first-order valence-electron chi connectivity index (χ1n) is 12.4. The molecular weight excluding hydrogens is 476 g/mol. The molecule has 0 radical (unpaired) electrons. The van der Waals surface area contributed by atoms with Crippen LogP contribution in [0, 0.1) is 22.7 Å². The van der Waals surface area contributed by atoms with E-state index in [2.05, 4.69) is 31.2 Å². The third-order valence-electron chi connectivity index (χ3n) is 6.96. The van der Waals surface area contributed by atoms with E-state index in [1.165, 1.54) is 0 Å². The van der Waals surface area contributed by atoms with Crippen LogP contribution in [0.15, 0.2) is 85.7 Å². The monoisotopic (exact) mass is 500 g/mol.